The Kier molecular flexibility index (Phi) is 4.00. The van der Waals surface area contributed by atoms with Crippen LogP contribution in [0, 0.1) is 0 Å². The van der Waals surface area contributed by atoms with Crippen LogP contribution in [0.1, 0.15) is 37.6 Å². The summed E-state index contributed by atoms with van der Waals surface area (Å²) in [4.78, 5) is 25.7. The largest absolute Gasteiger partial charge is 0.308 e. The number of hydrogen-bond acceptors (Lipinski definition) is 3. The summed E-state index contributed by atoms with van der Waals surface area (Å²) in [6, 6.07) is 7.24. The minimum atomic E-state index is -0.189. The lowest BCUT2D eigenvalue weighted by Gasteiger charge is -2.28. The summed E-state index contributed by atoms with van der Waals surface area (Å²) in [5.74, 6) is 0.0775. The van der Waals surface area contributed by atoms with Crippen molar-refractivity contribution in [3.8, 4) is 0 Å². The molecule has 1 saturated heterocycles. The quantitative estimate of drug-likeness (QED) is 0.827. The van der Waals surface area contributed by atoms with Crippen LogP contribution in [0.5, 0.6) is 0 Å². The molecule has 1 aliphatic heterocycles. The van der Waals surface area contributed by atoms with Crippen LogP contribution >= 0.6 is 0 Å². The van der Waals surface area contributed by atoms with Gasteiger partial charge >= 0.3 is 0 Å². The van der Waals surface area contributed by atoms with Crippen molar-refractivity contribution in [2.45, 2.75) is 39.3 Å². The fourth-order valence-electron chi connectivity index (χ4n) is 2.41. The molecule has 0 aromatic heterocycles. The molecule has 1 fully saturated rings. The molecule has 2 unspecified atom stereocenters. The molecule has 102 valence electrons. The molecular weight excluding hydrogens is 240 g/mol. The number of nitrogens with one attached hydrogen (secondary N) is 1. The van der Waals surface area contributed by atoms with Crippen LogP contribution in [0.3, 0.4) is 0 Å². The van der Waals surface area contributed by atoms with Crippen molar-refractivity contribution in [3.63, 3.8) is 0 Å². The van der Waals surface area contributed by atoms with Gasteiger partial charge in [0.25, 0.3) is 0 Å². The molecule has 0 radical (unpaired) electrons. The molecule has 0 saturated carbocycles. The highest BCUT2D eigenvalue weighted by Crippen LogP contribution is 2.23. The zero-order chi connectivity index (χ0) is 14.0. The number of nitrogens with zero attached hydrogens (tertiary/aromatic N) is 1. The fraction of sp³-hybridized carbons (Fsp3) is 0.467. The van der Waals surface area contributed by atoms with Gasteiger partial charge in [0.05, 0.1) is 6.04 Å². The van der Waals surface area contributed by atoms with Gasteiger partial charge in [-0.25, -0.2) is 0 Å². The van der Waals surface area contributed by atoms with Crippen molar-refractivity contribution in [2.24, 2.45) is 0 Å². The minimum Gasteiger partial charge on any atom is -0.308 e. The third-order valence-electron chi connectivity index (χ3n) is 3.59. The molecule has 2 rings (SSSR count). The standard InChI is InChI=1S/C15H20N2O2/c1-10-7-8-16-11(2)15(19)17(10)14-6-4-5-13(9-14)12(3)18/h4-6,9-11,16H,7-8H2,1-3H3. The van der Waals surface area contributed by atoms with Crippen LogP contribution in [0.2, 0.25) is 0 Å². The van der Waals surface area contributed by atoms with Crippen LogP contribution in [0.15, 0.2) is 24.3 Å². The minimum absolute atomic E-state index is 0.0166. The van der Waals surface area contributed by atoms with Gasteiger partial charge in [-0.05, 0) is 45.9 Å². The second-order valence-corrected chi connectivity index (χ2v) is 5.13. The van der Waals surface area contributed by atoms with Crippen molar-refractivity contribution in [2.75, 3.05) is 11.4 Å². The predicted octanol–water partition coefficient (Wildman–Crippen LogP) is 1.99. The number of benzene rings is 1. The first-order chi connectivity index (χ1) is 9.00. The van der Waals surface area contributed by atoms with E-state index in [1.54, 1.807) is 17.0 Å². The SMILES string of the molecule is CC(=O)c1cccc(N2C(=O)C(C)NCCC2C)c1. The number of Topliss-reactive ketones (excluding diaryl/α,β-unsaturated/α-hetero) is 1. The Morgan fingerprint density at radius 3 is 2.79 bits per heavy atom. The number of carbonyl (C=O) groups excluding carboxylic acids is 2. The van der Waals surface area contributed by atoms with E-state index < -0.39 is 0 Å². The van der Waals surface area contributed by atoms with E-state index in [1.165, 1.54) is 6.92 Å². The van der Waals surface area contributed by atoms with Crippen molar-refractivity contribution in [3.05, 3.63) is 29.8 Å². The number of rotatable bonds is 2. The molecule has 4 heteroatoms. The summed E-state index contributed by atoms with van der Waals surface area (Å²) in [6.07, 6.45) is 0.903. The second kappa shape index (κ2) is 5.53. The molecule has 0 spiro atoms. The van der Waals surface area contributed by atoms with E-state index in [4.69, 9.17) is 0 Å². The molecule has 1 amide bonds. The maximum Gasteiger partial charge on any atom is 0.244 e. The molecule has 19 heavy (non-hydrogen) atoms. The van der Waals surface area contributed by atoms with Gasteiger partial charge in [0.2, 0.25) is 5.91 Å². The van der Waals surface area contributed by atoms with E-state index in [1.807, 2.05) is 26.0 Å². The van der Waals surface area contributed by atoms with Gasteiger partial charge in [-0.3, -0.25) is 9.59 Å². The zero-order valence-electron chi connectivity index (χ0n) is 11.6. The lowest BCUT2D eigenvalue weighted by Crippen LogP contribution is -2.44. The Labute approximate surface area is 113 Å². The molecule has 1 aromatic carbocycles. The highest BCUT2D eigenvalue weighted by Gasteiger charge is 2.29. The lowest BCUT2D eigenvalue weighted by molar-refractivity contribution is -0.120. The van der Waals surface area contributed by atoms with E-state index >= 15 is 0 Å². The average molecular weight is 260 g/mol. The Morgan fingerprint density at radius 1 is 1.37 bits per heavy atom. The number of anilines is 1. The van der Waals surface area contributed by atoms with E-state index in [0.29, 0.717) is 5.56 Å². The molecule has 2 atom stereocenters. The summed E-state index contributed by atoms with van der Waals surface area (Å²) < 4.78 is 0. The Balaban J connectivity index is 2.39. The first-order valence-corrected chi connectivity index (χ1v) is 6.68. The van der Waals surface area contributed by atoms with Crippen LogP contribution in [-0.4, -0.2) is 30.3 Å². The van der Waals surface area contributed by atoms with Crippen molar-refractivity contribution >= 4 is 17.4 Å². The summed E-state index contributed by atoms with van der Waals surface area (Å²) >= 11 is 0. The van der Waals surface area contributed by atoms with E-state index in [9.17, 15) is 9.59 Å². The number of carbonyl (C=O) groups is 2. The molecule has 4 nitrogen and oxygen atoms in total. The zero-order valence-corrected chi connectivity index (χ0v) is 11.6. The van der Waals surface area contributed by atoms with E-state index in [0.717, 1.165) is 18.7 Å². The average Bonchev–Trinajstić information content (AvgIpc) is 2.50. The topological polar surface area (TPSA) is 49.4 Å². The van der Waals surface area contributed by atoms with Gasteiger partial charge in [-0.2, -0.15) is 0 Å². The van der Waals surface area contributed by atoms with E-state index in [-0.39, 0.29) is 23.8 Å². The van der Waals surface area contributed by atoms with Crippen molar-refractivity contribution in [1.29, 1.82) is 0 Å². The Hall–Kier alpha value is -1.68. The smallest absolute Gasteiger partial charge is 0.244 e. The third-order valence-corrected chi connectivity index (χ3v) is 3.59. The third kappa shape index (κ3) is 2.84. The fourth-order valence-corrected chi connectivity index (χ4v) is 2.41. The highest BCUT2D eigenvalue weighted by atomic mass is 16.2. The molecule has 0 aliphatic carbocycles. The molecular formula is C15H20N2O2. The van der Waals surface area contributed by atoms with Crippen molar-refractivity contribution in [1.82, 2.24) is 5.32 Å². The van der Waals surface area contributed by atoms with Crippen LogP contribution < -0.4 is 10.2 Å². The first-order valence-electron chi connectivity index (χ1n) is 6.68. The predicted molar refractivity (Wildman–Crippen MR) is 75.5 cm³/mol. The van der Waals surface area contributed by atoms with Gasteiger partial charge < -0.3 is 10.2 Å². The highest BCUT2D eigenvalue weighted by molar-refractivity contribution is 6.00. The first kappa shape index (κ1) is 13.7. The normalized spacial score (nSPS) is 24.2. The van der Waals surface area contributed by atoms with Gasteiger partial charge in [-0.1, -0.05) is 12.1 Å². The number of ketones is 1. The molecule has 1 N–H and O–H groups in total. The maximum absolute atomic E-state index is 12.4. The molecule has 1 aromatic rings. The Bertz CT molecular complexity index is 499. The van der Waals surface area contributed by atoms with E-state index in [2.05, 4.69) is 5.32 Å². The monoisotopic (exact) mass is 260 g/mol. The summed E-state index contributed by atoms with van der Waals surface area (Å²) in [6.45, 7) is 6.29. The van der Waals surface area contributed by atoms with Gasteiger partial charge in [0.15, 0.2) is 5.78 Å². The molecule has 0 bridgehead atoms. The number of hydrogen-bond donors (Lipinski definition) is 1. The molecule has 1 heterocycles. The van der Waals surface area contributed by atoms with Gasteiger partial charge in [0, 0.05) is 17.3 Å². The van der Waals surface area contributed by atoms with Crippen LogP contribution in [-0.2, 0) is 4.79 Å². The lowest BCUT2D eigenvalue weighted by atomic mass is 10.1. The summed E-state index contributed by atoms with van der Waals surface area (Å²) in [5.41, 5.74) is 1.45. The van der Waals surface area contributed by atoms with Crippen LogP contribution in [0.4, 0.5) is 5.69 Å². The second-order valence-electron chi connectivity index (χ2n) is 5.13. The van der Waals surface area contributed by atoms with Crippen molar-refractivity contribution < 1.29 is 9.59 Å². The molecule has 1 aliphatic rings. The van der Waals surface area contributed by atoms with Gasteiger partial charge in [-0.15, -0.1) is 0 Å². The number of amides is 1. The Morgan fingerprint density at radius 2 is 2.11 bits per heavy atom. The van der Waals surface area contributed by atoms with Gasteiger partial charge in [0.1, 0.15) is 0 Å². The maximum atomic E-state index is 12.4. The van der Waals surface area contributed by atoms with Crippen LogP contribution in [0.25, 0.3) is 0 Å². The summed E-state index contributed by atoms with van der Waals surface area (Å²) in [5, 5.41) is 3.20. The summed E-state index contributed by atoms with van der Waals surface area (Å²) in [7, 11) is 0.